The van der Waals surface area contributed by atoms with Gasteiger partial charge in [0.2, 0.25) is 5.82 Å². The zero-order chi connectivity index (χ0) is 17.1. The second-order valence-corrected chi connectivity index (χ2v) is 5.77. The Morgan fingerprint density at radius 3 is 2.46 bits per heavy atom. The SMILES string of the molecule is Cc1ccc(-c2noc(COC(=O)c3ccc(C)cc3C)n2)cc1. The number of carbonyl (C=O) groups is 1. The molecule has 3 aromatic rings. The molecule has 0 saturated carbocycles. The van der Waals surface area contributed by atoms with Crippen molar-refractivity contribution in [3.05, 3.63) is 70.6 Å². The van der Waals surface area contributed by atoms with Crippen LogP contribution in [0.1, 0.15) is 32.9 Å². The smallest absolute Gasteiger partial charge is 0.338 e. The molecule has 0 saturated heterocycles. The number of ether oxygens (including phenoxy) is 1. The van der Waals surface area contributed by atoms with Crippen LogP contribution in [-0.2, 0) is 11.3 Å². The lowest BCUT2D eigenvalue weighted by atomic mass is 10.1. The van der Waals surface area contributed by atoms with E-state index in [0.717, 1.165) is 22.3 Å². The summed E-state index contributed by atoms with van der Waals surface area (Å²) in [6, 6.07) is 13.4. The molecule has 0 aliphatic carbocycles. The molecule has 3 rings (SSSR count). The van der Waals surface area contributed by atoms with Gasteiger partial charge in [0.1, 0.15) is 0 Å². The fourth-order valence-electron chi connectivity index (χ4n) is 2.38. The third-order valence-corrected chi connectivity index (χ3v) is 3.71. The third kappa shape index (κ3) is 3.51. The number of benzene rings is 2. The molecule has 0 N–H and O–H groups in total. The number of hydrogen-bond donors (Lipinski definition) is 0. The van der Waals surface area contributed by atoms with Crippen molar-refractivity contribution >= 4 is 5.97 Å². The molecule has 0 unspecified atom stereocenters. The van der Waals surface area contributed by atoms with Crippen molar-refractivity contribution in [2.75, 3.05) is 0 Å². The normalized spacial score (nSPS) is 10.6. The molecule has 0 aliphatic heterocycles. The van der Waals surface area contributed by atoms with E-state index in [0.29, 0.717) is 11.4 Å². The average Bonchev–Trinajstić information content (AvgIpc) is 3.02. The third-order valence-electron chi connectivity index (χ3n) is 3.71. The molecule has 0 radical (unpaired) electrons. The van der Waals surface area contributed by atoms with Crippen molar-refractivity contribution in [3.8, 4) is 11.4 Å². The van der Waals surface area contributed by atoms with Gasteiger partial charge in [-0.2, -0.15) is 4.98 Å². The second kappa shape index (κ2) is 6.66. The Labute approximate surface area is 140 Å². The van der Waals surface area contributed by atoms with Gasteiger partial charge >= 0.3 is 5.97 Å². The zero-order valence-corrected chi connectivity index (χ0v) is 13.9. The standard InChI is InChI=1S/C19H18N2O3/c1-12-4-7-15(8-5-12)18-20-17(24-21-18)11-23-19(22)16-9-6-13(2)10-14(16)3/h4-10H,11H2,1-3H3. The van der Waals surface area contributed by atoms with E-state index in [1.54, 1.807) is 6.07 Å². The van der Waals surface area contributed by atoms with E-state index < -0.39 is 5.97 Å². The summed E-state index contributed by atoms with van der Waals surface area (Å²) in [4.78, 5) is 16.4. The highest BCUT2D eigenvalue weighted by molar-refractivity contribution is 5.91. The summed E-state index contributed by atoms with van der Waals surface area (Å²) in [7, 11) is 0. The van der Waals surface area contributed by atoms with Gasteiger partial charge in [-0.15, -0.1) is 0 Å². The van der Waals surface area contributed by atoms with Crippen molar-refractivity contribution < 1.29 is 14.1 Å². The van der Waals surface area contributed by atoms with E-state index in [9.17, 15) is 4.79 Å². The van der Waals surface area contributed by atoms with Gasteiger partial charge in [-0.3, -0.25) is 0 Å². The molecule has 0 bridgehead atoms. The van der Waals surface area contributed by atoms with Gasteiger partial charge in [0.05, 0.1) is 5.56 Å². The van der Waals surface area contributed by atoms with Crippen molar-refractivity contribution in [2.24, 2.45) is 0 Å². The molecule has 2 aromatic carbocycles. The lowest BCUT2D eigenvalue weighted by Gasteiger charge is -2.05. The van der Waals surface area contributed by atoms with Crippen molar-refractivity contribution in [3.63, 3.8) is 0 Å². The summed E-state index contributed by atoms with van der Waals surface area (Å²) in [5, 5.41) is 3.92. The zero-order valence-electron chi connectivity index (χ0n) is 13.9. The highest BCUT2D eigenvalue weighted by Crippen LogP contribution is 2.17. The minimum atomic E-state index is -0.400. The molecule has 0 spiro atoms. The summed E-state index contributed by atoms with van der Waals surface area (Å²) in [5.74, 6) is 0.346. The van der Waals surface area contributed by atoms with Gasteiger partial charge in [-0.25, -0.2) is 4.79 Å². The van der Waals surface area contributed by atoms with Crippen molar-refractivity contribution in [1.29, 1.82) is 0 Å². The van der Waals surface area contributed by atoms with Crippen LogP contribution >= 0.6 is 0 Å². The maximum absolute atomic E-state index is 12.2. The van der Waals surface area contributed by atoms with E-state index in [2.05, 4.69) is 10.1 Å². The monoisotopic (exact) mass is 322 g/mol. The number of aromatic nitrogens is 2. The van der Waals surface area contributed by atoms with Gasteiger partial charge in [0, 0.05) is 5.56 Å². The predicted octanol–water partition coefficient (Wildman–Crippen LogP) is 4.02. The van der Waals surface area contributed by atoms with E-state index >= 15 is 0 Å². The molecule has 24 heavy (non-hydrogen) atoms. The van der Waals surface area contributed by atoms with Crippen LogP contribution in [0.25, 0.3) is 11.4 Å². The summed E-state index contributed by atoms with van der Waals surface area (Å²) in [6.45, 7) is 5.82. The average molecular weight is 322 g/mol. The van der Waals surface area contributed by atoms with Crippen LogP contribution in [0.4, 0.5) is 0 Å². The summed E-state index contributed by atoms with van der Waals surface area (Å²) >= 11 is 0. The number of carbonyl (C=O) groups excluding carboxylic acids is 1. The Hall–Kier alpha value is -2.95. The molecular weight excluding hydrogens is 304 g/mol. The van der Waals surface area contributed by atoms with Gasteiger partial charge in [-0.05, 0) is 32.4 Å². The van der Waals surface area contributed by atoms with Gasteiger partial charge < -0.3 is 9.26 Å². The van der Waals surface area contributed by atoms with E-state index in [1.807, 2.05) is 57.2 Å². The Kier molecular flexibility index (Phi) is 4.42. The predicted molar refractivity (Wildman–Crippen MR) is 89.5 cm³/mol. The molecule has 0 aliphatic rings. The minimum absolute atomic E-state index is 0.0506. The van der Waals surface area contributed by atoms with Gasteiger partial charge in [0.25, 0.3) is 5.89 Å². The molecule has 0 amide bonds. The van der Waals surface area contributed by atoms with Crippen LogP contribution in [0.15, 0.2) is 47.0 Å². The van der Waals surface area contributed by atoms with Gasteiger partial charge in [0.15, 0.2) is 6.61 Å². The summed E-state index contributed by atoms with van der Waals surface area (Å²) < 4.78 is 10.4. The van der Waals surface area contributed by atoms with Crippen LogP contribution in [0.2, 0.25) is 0 Å². The Bertz CT molecular complexity index is 867. The van der Waals surface area contributed by atoms with Crippen LogP contribution in [0.3, 0.4) is 0 Å². The first kappa shape index (κ1) is 15.9. The highest BCUT2D eigenvalue weighted by Gasteiger charge is 2.14. The molecule has 0 fully saturated rings. The first-order chi connectivity index (χ1) is 11.5. The van der Waals surface area contributed by atoms with Crippen molar-refractivity contribution in [2.45, 2.75) is 27.4 Å². The van der Waals surface area contributed by atoms with Crippen LogP contribution in [-0.4, -0.2) is 16.1 Å². The molecule has 1 heterocycles. The number of esters is 1. The largest absolute Gasteiger partial charge is 0.452 e. The second-order valence-electron chi connectivity index (χ2n) is 5.77. The Balaban J connectivity index is 1.67. The van der Waals surface area contributed by atoms with Crippen molar-refractivity contribution in [1.82, 2.24) is 10.1 Å². The topological polar surface area (TPSA) is 65.2 Å². The molecule has 0 atom stereocenters. The van der Waals surface area contributed by atoms with Crippen LogP contribution < -0.4 is 0 Å². The first-order valence-corrected chi connectivity index (χ1v) is 7.67. The van der Waals surface area contributed by atoms with Gasteiger partial charge in [-0.1, -0.05) is 52.7 Å². The Morgan fingerprint density at radius 2 is 1.75 bits per heavy atom. The number of nitrogens with zero attached hydrogens (tertiary/aromatic N) is 2. The first-order valence-electron chi connectivity index (χ1n) is 7.67. The van der Waals surface area contributed by atoms with Crippen LogP contribution in [0, 0.1) is 20.8 Å². The van der Waals surface area contributed by atoms with E-state index in [-0.39, 0.29) is 12.5 Å². The number of aryl methyl sites for hydroxylation is 3. The summed E-state index contributed by atoms with van der Waals surface area (Å²) in [6.07, 6.45) is 0. The minimum Gasteiger partial charge on any atom is -0.452 e. The maximum atomic E-state index is 12.2. The van der Waals surface area contributed by atoms with E-state index in [4.69, 9.17) is 9.26 Å². The molecular formula is C19H18N2O3. The lowest BCUT2D eigenvalue weighted by molar-refractivity contribution is 0.0429. The molecule has 5 nitrogen and oxygen atoms in total. The number of rotatable bonds is 4. The molecule has 5 heteroatoms. The number of hydrogen-bond acceptors (Lipinski definition) is 5. The lowest BCUT2D eigenvalue weighted by Crippen LogP contribution is -2.07. The summed E-state index contributed by atoms with van der Waals surface area (Å²) in [5.41, 5.74) is 4.54. The highest BCUT2D eigenvalue weighted by atomic mass is 16.6. The fraction of sp³-hybridized carbons (Fsp3) is 0.211. The maximum Gasteiger partial charge on any atom is 0.338 e. The van der Waals surface area contributed by atoms with Crippen LogP contribution in [0.5, 0.6) is 0 Å². The fourth-order valence-corrected chi connectivity index (χ4v) is 2.38. The van der Waals surface area contributed by atoms with E-state index in [1.165, 1.54) is 0 Å². The Morgan fingerprint density at radius 1 is 1.04 bits per heavy atom. The quantitative estimate of drug-likeness (QED) is 0.679. The molecule has 1 aromatic heterocycles. The molecule has 122 valence electrons.